The van der Waals surface area contributed by atoms with Gasteiger partial charge in [-0.25, -0.2) is 0 Å². The molecule has 1 radical (unpaired) electrons. The van der Waals surface area contributed by atoms with Crippen LogP contribution in [0.1, 0.15) is 60.3 Å². The molecule has 0 aromatic heterocycles. The average Bonchev–Trinajstić information content (AvgIpc) is 1.99. The Morgan fingerprint density at radius 2 is 2.00 bits per heavy atom. The SMILES string of the molecule is [CH2]C(C)(C)O[C@@H](C)[C@@H]1CCCC(C)(C)C1. The van der Waals surface area contributed by atoms with Crippen LogP contribution in [0.3, 0.4) is 0 Å². The van der Waals surface area contributed by atoms with Gasteiger partial charge in [-0.15, -0.1) is 0 Å². The molecule has 1 aliphatic rings. The molecule has 0 saturated heterocycles. The highest BCUT2D eigenvalue weighted by atomic mass is 16.5. The second-order valence-corrected chi connectivity index (χ2v) is 6.60. The molecule has 1 saturated carbocycles. The van der Waals surface area contributed by atoms with Gasteiger partial charge in [0.05, 0.1) is 11.7 Å². The third-order valence-corrected chi connectivity index (χ3v) is 3.41. The van der Waals surface area contributed by atoms with Crippen molar-refractivity contribution in [1.29, 1.82) is 0 Å². The Kier molecular flexibility index (Phi) is 3.86. The Balaban J connectivity index is 2.49. The summed E-state index contributed by atoms with van der Waals surface area (Å²) < 4.78 is 5.96. The lowest BCUT2D eigenvalue weighted by molar-refractivity contribution is -0.0766. The molecule has 0 spiro atoms. The van der Waals surface area contributed by atoms with Gasteiger partial charge in [-0.1, -0.05) is 20.3 Å². The Morgan fingerprint density at radius 1 is 1.40 bits per heavy atom. The Bertz CT molecular complexity index is 200. The van der Waals surface area contributed by atoms with E-state index in [1.807, 2.05) is 13.8 Å². The molecule has 15 heavy (non-hydrogen) atoms. The van der Waals surface area contributed by atoms with Gasteiger partial charge in [0, 0.05) is 0 Å². The van der Waals surface area contributed by atoms with Gasteiger partial charge in [-0.3, -0.25) is 0 Å². The zero-order valence-corrected chi connectivity index (χ0v) is 11.1. The molecule has 0 aromatic rings. The van der Waals surface area contributed by atoms with E-state index in [0.717, 1.165) is 5.92 Å². The number of rotatable bonds is 3. The maximum atomic E-state index is 5.96. The summed E-state index contributed by atoms with van der Waals surface area (Å²) in [5, 5.41) is 0. The molecule has 0 unspecified atom stereocenters. The van der Waals surface area contributed by atoms with Crippen molar-refractivity contribution in [3.63, 3.8) is 0 Å². The molecule has 0 aliphatic heterocycles. The molecule has 2 atom stereocenters. The van der Waals surface area contributed by atoms with Crippen molar-refractivity contribution < 1.29 is 4.74 Å². The first kappa shape index (κ1) is 13.0. The Labute approximate surface area is 95.6 Å². The van der Waals surface area contributed by atoms with Crippen LogP contribution in [0, 0.1) is 18.3 Å². The maximum Gasteiger partial charge on any atom is 0.0631 e. The number of hydrogen-bond donors (Lipinski definition) is 0. The molecule has 89 valence electrons. The lowest BCUT2D eigenvalue weighted by Crippen LogP contribution is -2.35. The fourth-order valence-corrected chi connectivity index (χ4v) is 2.76. The van der Waals surface area contributed by atoms with E-state index in [-0.39, 0.29) is 5.60 Å². The van der Waals surface area contributed by atoms with E-state index in [2.05, 4.69) is 27.7 Å². The fourth-order valence-electron chi connectivity index (χ4n) is 2.76. The molecule has 1 nitrogen and oxygen atoms in total. The second-order valence-electron chi connectivity index (χ2n) is 6.60. The molecule has 0 aromatic carbocycles. The largest absolute Gasteiger partial charge is 0.372 e. The first-order chi connectivity index (χ1) is 6.70. The molecular weight excluding hydrogens is 184 g/mol. The summed E-state index contributed by atoms with van der Waals surface area (Å²) in [6, 6.07) is 0. The van der Waals surface area contributed by atoms with Crippen molar-refractivity contribution in [2.45, 2.75) is 72.0 Å². The zero-order chi connectivity index (χ0) is 11.7. The van der Waals surface area contributed by atoms with E-state index in [1.54, 1.807) is 0 Å². The van der Waals surface area contributed by atoms with E-state index in [1.165, 1.54) is 25.7 Å². The van der Waals surface area contributed by atoms with Gasteiger partial charge < -0.3 is 4.74 Å². The van der Waals surface area contributed by atoms with Crippen molar-refractivity contribution in [3.05, 3.63) is 6.92 Å². The highest BCUT2D eigenvalue weighted by molar-refractivity contribution is 4.84. The van der Waals surface area contributed by atoms with E-state index in [0.29, 0.717) is 11.5 Å². The molecule has 1 fully saturated rings. The van der Waals surface area contributed by atoms with Crippen molar-refractivity contribution in [2.75, 3.05) is 0 Å². The third-order valence-electron chi connectivity index (χ3n) is 3.41. The van der Waals surface area contributed by atoms with Gasteiger partial charge >= 0.3 is 0 Å². The summed E-state index contributed by atoms with van der Waals surface area (Å²) in [7, 11) is 0. The normalized spacial score (nSPS) is 28.8. The van der Waals surface area contributed by atoms with E-state index >= 15 is 0 Å². The lowest BCUT2D eigenvalue weighted by atomic mass is 9.71. The standard InChI is InChI=1S/C14H27O/c1-11(15-13(2,3)4)12-8-7-9-14(5,6)10-12/h11-12H,2,7-10H2,1,3-6H3/t11-,12+/m0/s1. The van der Waals surface area contributed by atoms with Gasteiger partial charge in [0.1, 0.15) is 0 Å². The Hall–Kier alpha value is -0.0400. The fraction of sp³-hybridized carbons (Fsp3) is 0.929. The van der Waals surface area contributed by atoms with Crippen molar-refractivity contribution in [2.24, 2.45) is 11.3 Å². The minimum absolute atomic E-state index is 0.249. The van der Waals surface area contributed by atoms with Crippen LogP contribution < -0.4 is 0 Å². The van der Waals surface area contributed by atoms with Crippen LogP contribution in [0.4, 0.5) is 0 Å². The van der Waals surface area contributed by atoms with Gasteiger partial charge in [0.2, 0.25) is 0 Å². The molecule has 0 bridgehead atoms. The van der Waals surface area contributed by atoms with Crippen molar-refractivity contribution in [3.8, 4) is 0 Å². The van der Waals surface area contributed by atoms with E-state index < -0.39 is 0 Å². The minimum Gasteiger partial charge on any atom is -0.372 e. The quantitative estimate of drug-likeness (QED) is 0.679. The first-order valence-corrected chi connectivity index (χ1v) is 6.23. The molecule has 0 heterocycles. The third kappa shape index (κ3) is 4.55. The van der Waals surface area contributed by atoms with Gasteiger partial charge in [-0.2, -0.15) is 0 Å². The summed E-state index contributed by atoms with van der Waals surface area (Å²) in [6.45, 7) is 15.1. The topological polar surface area (TPSA) is 9.23 Å². The highest BCUT2D eigenvalue weighted by Crippen LogP contribution is 2.40. The molecule has 0 N–H and O–H groups in total. The monoisotopic (exact) mass is 211 g/mol. The van der Waals surface area contributed by atoms with Crippen LogP contribution in [-0.4, -0.2) is 11.7 Å². The summed E-state index contributed by atoms with van der Waals surface area (Å²) in [5.41, 5.74) is 0.257. The predicted molar refractivity (Wildman–Crippen MR) is 65.7 cm³/mol. The second kappa shape index (κ2) is 4.45. The van der Waals surface area contributed by atoms with Crippen LogP contribution in [0.5, 0.6) is 0 Å². The van der Waals surface area contributed by atoms with Gasteiger partial charge in [-0.05, 0) is 58.3 Å². The number of hydrogen-bond acceptors (Lipinski definition) is 1. The minimum atomic E-state index is -0.249. The lowest BCUT2D eigenvalue weighted by Gasteiger charge is -2.39. The zero-order valence-electron chi connectivity index (χ0n) is 11.1. The predicted octanol–water partition coefficient (Wildman–Crippen LogP) is 4.22. The Morgan fingerprint density at radius 3 is 2.47 bits per heavy atom. The van der Waals surface area contributed by atoms with Crippen LogP contribution in [0.2, 0.25) is 0 Å². The van der Waals surface area contributed by atoms with Gasteiger partial charge in [0.15, 0.2) is 0 Å². The van der Waals surface area contributed by atoms with Crippen LogP contribution in [0.25, 0.3) is 0 Å². The molecule has 1 heteroatoms. The van der Waals surface area contributed by atoms with Crippen molar-refractivity contribution in [1.82, 2.24) is 0 Å². The van der Waals surface area contributed by atoms with Crippen LogP contribution >= 0.6 is 0 Å². The molecular formula is C14H27O. The summed E-state index contributed by atoms with van der Waals surface area (Å²) >= 11 is 0. The first-order valence-electron chi connectivity index (χ1n) is 6.23. The number of ether oxygens (including phenoxy) is 1. The van der Waals surface area contributed by atoms with E-state index in [4.69, 9.17) is 4.74 Å². The smallest absolute Gasteiger partial charge is 0.0631 e. The highest BCUT2D eigenvalue weighted by Gasteiger charge is 2.32. The van der Waals surface area contributed by atoms with Crippen LogP contribution in [-0.2, 0) is 4.74 Å². The summed E-state index contributed by atoms with van der Waals surface area (Å²) in [4.78, 5) is 0. The molecule has 1 rings (SSSR count). The molecule has 1 aliphatic carbocycles. The van der Waals surface area contributed by atoms with Gasteiger partial charge in [0.25, 0.3) is 0 Å². The molecule has 0 amide bonds. The summed E-state index contributed by atoms with van der Waals surface area (Å²) in [6.07, 6.45) is 5.68. The van der Waals surface area contributed by atoms with Crippen LogP contribution in [0.15, 0.2) is 0 Å². The maximum absolute atomic E-state index is 5.96. The van der Waals surface area contributed by atoms with Crippen molar-refractivity contribution >= 4 is 0 Å². The summed E-state index contributed by atoms with van der Waals surface area (Å²) in [5.74, 6) is 0.717. The van der Waals surface area contributed by atoms with E-state index in [9.17, 15) is 0 Å². The average molecular weight is 211 g/mol.